The number of nitrogens with zero attached hydrogens (tertiary/aromatic N) is 3. The third-order valence-corrected chi connectivity index (χ3v) is 5.23. The average Bonchev–Trinajstić information content (AvgIpc) is 3.37. The maximum absolute atomic E-state index is 13.0. The van der Waals surface area contributed by atoms with Crippen LogP contribution in [0, 0.1) is 0 Å². The van der Waals surface area contributed by atoms with Crippen molar-refractivity contribution in [2.75, 3.05) is 66.1 Å². The Morgan fingerprint density at radius 3 is 1.83 bits per heavy atom. The van der Waals surface area contributed by atoms with E-state index >= 15 is 0 Å². The van der Waals surface area contributed by atoms with Crippen molar-refractivity contribution in [3.8, 4) is 0 Å². The standard InChI is InChI=1S/C24H38N4O13/c29-7-12-38-14-13-37-11-6-28-19(15-25-27-28)1-2-20(30)26-24(16-39-8-3-21(31)32,17-40-9-4-22(33)34)18-41-10-5-23(35)36/h7,15H,1-6,8-14,16-18H2,(H,26,30)(H,31,32)(H,33,34)(H,35,36). The zero-order valence-electron chi connectivity index (χ0n) is 22.7. The number of rotatable bonds is 27. The molecule has 0 saturated carbocycles. The molecule has 17 nitrogen and oxygen atoms in total. The number of carboxylic acids is 3. The van der Waals surface area contributed by atoms with Gasteiger partial charge in [-0.3, -0.25) is 19.2 Å². The number of hydrogen-bond donors (Lipinski definition) is 4. The summed E-state index contributed by atoms with van der Waals surface area (Å²) in [6.45, 7) is -0.0130. The molecule has 0 aromatic carbocycles. The highest BCUT2D eigenvalue weighted by Crippen LogP contribution is 2.12. The van der Waals surface area contributed by atoms with E-state index in [9.17, 15) is 24.0 Å². The van der Waals surface area contributed by atoms with E-state index in [0.717, 1.165) is 0 Å². The Balaban J connectivity index is 2.79. The number of nitrogens with one attached hydrogen (secondary N) is 1. The van der Waals surface area contributed by atoms with Gasteiger partial charge in [0.25, 0.3) is 0 Å². The lowest BCUT2D eigenvalue weighted by Gasteiger charge is -2.34. The van der Waals surface area contributed by atoms with Crippen molar-refractivity contribution < 1.29 is 63.0 Å². The largest absolute Gasteiger partial charge is 0.481 e. The van der Waals surface area contributed by atoms with Crippen molar-refractivity contribution in [1.29, 1.82) is 0 Å². The minimum absolute atomic E-state index is 0.00267. The molecular formula is C24H38N4O13. The topological polar surface area (TPSA) is 235 Å². The molecule has 1 rings (SSSR count). The second kappa shape index (κ2) is 21.3. The number of aryl methyl sites for hydroxylation is 1. The highest BCUT2D eigenvalue weighted by molar-refractivity contribution is 5.77. The van der Waals surface area contributed by atoms with Crippen molar-refractivity contribution in [2.24, 2.45) is 0 Å². The Hall–Kier alpha value is -3.51. The Kier molecular flexibility index (Phi) is 18.4. The van der Waals surface area contributed by atoms with Crippen LogP contribution in [-0.4, -0.2) is 132 Å². The fourth-order valence-electron chi connectivity index (χ4n) is 3.28. The zero-order chi connectivity index (χ0) is 30.3. The molecule has 1 aromatic heterocycles. The number of aromatic nitrogens is 3. The SMILES string of the molecule is O=CCOCCOCCn1nncc1CCC(=O)NC(COCCC(=O)O)(COCCC(=O)O)COCCC(=O)O. The van der Waals surface area contributed by atoms with Gasteiger partial charge in [-0.2, -0.15) is 0 Å². The molecule has 4 N–H and O–H groups in total. The summed E-state index contributed by atoms with van der Waals surface area (Å²) in [5.41, 5.74) is -0.704. The molecule has 232 valence electrons. The van der Waals surface area contributed by atoms with Crippen LogP contribution in [0.1, 0.15) is 31.4 Å². The number of ether oxygens (including phenoxy) is 5. The highest BCUT2D eigenvalue weighted by atomic mass is 16.5. The van der Waals surface area contributed by atoms with Crippen LogP contribution in [0.25, 0.3) is 0 Å². The van der Waals surface area contributed by atoms with E-state index in [1.165, 1.54) is 6.20 Å². The van der Waals surface area contributed by atoms with Crippen molar-refractivity contribution in [1.82, 2.24) is 20.3 Å². The van der Waals surface area contributed by atoms with Crippen molar-refractivity contribution in [2.45, 2.75) is 44.2 Å². The summed E-state index contributed by atoms with van der Waals surface area (Å²) < 4.78 is 28.4. The molecule has 0 bridgehead atoms. The molecule has 17 heteroatoms. The van der Waals surface area contributed by atoms with Crippen LogP contribution < -0.4 is 5.32 Å². The lowest BCUT2D eigenvalue weighted by Crippen LogP contribution is -2.58. The second-order valence-corrected chi connectivity index (χ2v) is 8.72. The first-order valence-corrected chi connectivity index (χ1v) is 12.8. The molecule has 41 heavy (non-hydrogen) atoms. The fourth-order valence-corrected chi connectivity index (χ4v) is 3.28. The van der Waals surface area contributed by atoms with Gasteiger partial charge >= 0.3 is 17.9 Å². The summed E-state index contributed by atoms with van der Waals surface area (Å²) in [5.74, 6) is -3.71. The zero-order valence-corrected chi connectivity index (χ0v) is 22.7. The van der Waals surface area contributed by atoms with E-state index in [1.54, 1.807) is 4.68 Å². The van der Waals surface area contributed by atoms with Gasteiger partial charge in [-0.15, -0.1) is 5.10 Å². The molecule has 0 aliphatic carbocycles. The molecule has 1 aromatic rings. The first kappa shape index (κ1) is 35.5. The van der Waals surface area contributed by atoms with Gasteiger partial charge < -0.3 is 49.1 Å². The predicted octanol–water partition coefficient (Wildman–Crippen LogP) is -1.23. The fraction of sp³-hybridized carbons (Fsp3) is 0.708. The highest BCUT2D eigenvalue weighted by Gasteiger charge is 2.34. The summed E-state index contributed by atoms with van der Waals surface area (Å²) in [6.07, 6.45) is 1.49. The van der Waals surface area contributed by atoms with Crippen molar-refractivity contribution in [3.63, 3.8) is 0 Å². The Bertz CT molecular complexity index is 885. The molecule has 1 heterocycles. The van der Waals surface area contributed by atoms with Crippen molar-refractivity contribution >= 4 is 30.1 Å². The van der Waals surface area contributed by atoms with E-state index < -0.39 is 29.4 Å². The van der Waals surface area contributed by atoms with Crippen LogP contribution in [0.2, 0.25) is 0 Å². The van der Waals surface area contributed by atoms with E-state index in [-0.39, 0.29) is 85.0 Å². The number of aliphatic carboxylic acids is 3. The number of hydrogen-bond acceptors (Lipinski definition) is 12. The van der Waals surface area contributed by atoms with Gasteiger partial charge in [-0.05, 0) is 6.42 Å². The monoisotopic (exact) mass is 590 g/mol. The summed E-state index contributed by atoms with van der Waals surface area (Å²) >= 11 is 0. The first-order valence-electron chi connectivity index (χ1n) is 12.8. The Morgan fingerprint density at radius 1 is 0.780 bits per heavy atom. The van der Waals surface area contributed by atoms with Gasteiger partial charge in [0.15, 0.2) is 0 Å². The third-order valence-electron chi connectivity index (χ3n) is 5.23. The lowest BCUT2D eigenvalue weighted by molar-refractivity contribution is -0.140. The molecule has 0 fully saturated rings. The van der Waals surface area contributed by atoms with E-state index in [4.69, 9.17) is 39.0 Å². The molecule has 0 spiro atoms. The quantitative estimate of drug-likeness (QED) is 0.0693. The first-order chi connectivity index (χ1) is 19.7. The number of carbonyl (C=O) groups is 5. The smallest absolute Gasteiger partial charge is 0.305 e. The van der Waals surface area contributed by atoms with Gasteiger partial charge in [-0.25, -0.2) is 4.68 Å². The Morgan fingerprint density at radius 2 is 1.32 bits per heavy atom. The summed E-state index contributed by atoms with van der Waals surface area (Å²) in [4.78, 5) is 55.8. The molecular weight excluding hydrogens is 552 g/mol. The van der Waals surface area contributed by atoms with Crippen LogP contribution >= 0.6 is 0 Å². The van der Waals surface area contributed by atoms with Crippen molar-refractivity contribution in [3.05, 3.63) is 11.9 Å². The second-order valence-electron chi connectivity index (χ2n) is 8.72. The summed E-state index contributed by atoms with van der Waals surface area (Å²) in [6, 6.07) is 0. The molecule has 0 aliphatic heterocycles. The summed E-state index contributed by atoms with van der Waals surface area (Å²) in [7, 11) is 0. The minimum atomic E-state index is -1.36. The van der Waals surface area contributed by atoms with Crippen LogP contribution in [0.4, 0.5) is 0 Å². The molecule has 1 amide bonds. The lowest BCUT2D eigenvalue weighted by atomic mass is 10.0. The van der Waals surface area contributed by atoms with E-state index in [2.05, 4.69) is 15.6 Å². The van der Waals surface area contributed by atoms with Crippen LogP contribution in [-0.2, 0) is 60.6 Å². The normalized spacial score (nSPS) is 11.3. The number of carboxylic acid groups (broad SMARTS) is 3. The number of carbonyl (C=O) groups excluding carboxylic acids is 2. The maximum Gasteiger partial charge on any atom is 0.305 e. The Labute approximate surface area is 236 Å². The van der Waals surface area contributed by atoms with E-state index in [1.807, 2.05) is 0 Å². The van der Waals surface area contributed by atoms with Crippen LogP contribution in [0.5, 0.6) is 0 Å². The molecule has 0 radical (unpaired) electrons. The number of amides is 1. The average molecular weight is 591 g/mol. The van der Waals surface area contributed by atoms with Gasteiger partial charge in [0.05, 0.1) is 97.2 Å². The summed E-state index contributed by atoms with van der Waals surface area (Å²) in [5, 5.41) is 37.3. The van der Waals surface area contributed by atoms with Gasteiger partial charge in [-0.1, -0.05) is 5.21 Å². The number of aldehydes is 1. The third kappa shape index (κ3) is 17.7. The molecule has 0 saturated heterocycles. The maximum atomic E-state index is 13.0. The predicted molar refractivity (Wildman–Crippen MR) is 136 cm³/mol. The van der Waals surface area contributed by atoms with E-state index in [0.29, 0.717) is 31.7 Å². The minimum Gasteiger partial charge on any atom is -0.481 e. The molecule has 0 atom stereocenters. The van der Waals surface area contributed by atoms with Gasteiger partial charge in [0, 0.05) is 6.42 Å². The molecule has 0 aliphatic rings. The van der Waals surface area contributed by atoms with Gasteiger partial charge in [0.2, 0.25) is 5.91 Å². The van der Waals surface area contributed by atoms with Crippen LogP contribution in [0.3, 0.4) is 0 Å². The van der Waals surface area contributed by atoms with Gasteiger partial charge in [0.1, 0.15) is 18.4 Å². The van der Waals surface area contributed by atoms with Crippen LogP contribution in [0.15, 0.2) is 6.20 Å². The molecule has 0 unspecified atom stereocenters.